The van der Waals surface area contributed by atoms with Gasteiger partial charge in [0.05, 0.1) is 19.3 Å². The van der Waals surface area contributed by atoms with Gasteiger partial charge in [0.2, 0.25) is 5.91 Å². The predicted octanol–water partition coefficient (Wildman–Crippen LogP) is 2.35. The summed E-state index contributed by atoms with van der Waals surface area (Å²) in [6.07, 6.45) is 6.96. The van der Waals surface area contributed by atoms with E-state index >= 15 is 0 Å². The molecule has 0 bridgehead atoms. The van der Waals surface area contributed by atoms with Crippen molar-refractivity contribution in [3.8, 4) is 0 Å². The summed E-state index contributed by atoms with van der Waals surface area (Å²) in [6, 6.07) is 0. The van der Waals surface area contributed by atoms with Crippen molar-refractivity contribution in [1.82, 2.24) is 5.32 Å². The minimum absolute atomic E-state index is 0.116. The Bertz CT molecular complexity index is 640. The molecule has 1 amide bonds. The smallest absolute Gasteiger partial charge is 0.224 e. The summed E-state index contributed by atoms with van der Waals surface area (Å²) in [5.41, 5.74) is 0.808. The summed E-state index contributed by atoms with van der Waals surface area (Å²) in [6.45, 7) is 5.86. The molecule has 0 aromatic rings. The van der Waals surface area contributed by atoms with Crippen LogP contribution in [0.4, 0.5) is 0 Å². The number of ether oxygens (including phenoxy) is 2. The zero-order chi connectivity index (χ0) is 17.4. The SMILES string of the molecule is C[C@]12CCC(=O)NC1=CCC1C2[C@@H](O)C[C@@]2(C)C1CCC21OCCO1. The zero-order valence-electron chi connectivity index (χ0n) is 15.2. The minimum atomic E-state index is -0.491. The van der Waals surface area contributed by atoms with E-state index < -0.39 is 5.79 Å². The van der Waals surface area contributed by atoms with E-state index in [4.69, 9.17) is 9.47 Å². The van der Waals surface area contributed by atoms with Gasteiger partial charge in [0, 0.05) is 29.4 Å². The van der Waals surface area contributed by atoms with E-state index in [1.165, 1.54) is 0 Å². The van der Waals surface area contributed by atoms with Gasteiger partial charge in [-0.25, -0.2) is 0 Å². The Balaban J connectivity index is 1.54. The van der Waals surface area contributed by atoms with Crippen LogP contribution in [0, 0.1) is 28.6 Å². The molecular weight excluding hydrogens is 318 g/mol. The lowest BCUT2D eigenvalue weighted by molar-refractivity contribution is -0.255. The largest absolute Gasteiger partial charge is 0.393 e. The quantitative estimate of drug-likeness (QED) is 0.706. The Labute approximate surface area is 149 Å². The maximum Gasteiger partial charge on any atom is 0.224 e. The fourth-order valence-electron chi connectivity index (χ4n) is 7.21. The number of hydrogen-bond acceptors (Lipinski definition) is 4. The molecule has 3 aliphatic carbocycles. The van der Waals surface area contributed by atoms with Crippen molar-refractivity contribution in [2.45, 2.75) is 64.3 Å². The van der Waals surface area contributed by atoms with Crippen molar-refractivity contribution in [3.05, 3.63) is 11.8 Å². The number of carbonyl (C=O) groups excluding carboxylic acids is 1. The van der Waals surface area contributed by atoms with Crippen LogP contribution in [-0.2, 0) is 14.3 Å². The number of rotatable bonds is 0. The third-order valence-electron chi connectivity index (χ3n) is 8.34. The molecule has 2 saturated carbocycles. The zero-order valence-corrected chi connectivity index (χ0v) is 15.2. The van der Waals surface area contributed by atoms with Crippen molar-refractivity contribution in [3.63, 3.8) is 0 Å². The molecule has 2 aliphatic heterocycles. The molecule has 0 aromatic heterocycles. The Morgan fingerprint density at radius 3 is 2.76 bits per heavy atom. The molecule has 0 aromatic carbocycles. The van der Waals surface area contributed by atoms with Gasteiger partial charge >= 0.3 is 0 Å². The lowest BCUT2D eigenvalue weighted by Gasteiger charge is -2.59. The molecule has 3 unspecified atom stereocenters. The molecule has 6 atom stereocenters. The number of carbonyl (C=O) groups is 1. The first kappa shape index (κ1) is 16.3. The van der Waals surface area contributed by atoms with E-state index in [0.29, 0.717) is 31.5 Å². The van der Waals surface area contributed by atoms with Crippen LogP contribution in [0.5, 0.6) is 0 Å². The summed E-state index contributed by atoms with van der Waals surface area (Å²) in [5, 5.41) is 14.4. The second-order valence-corrected chi connectivity index (χ2v) is 9.29. The van der Waals surface area contributed by atoms with Gasteiger partial charge in [-0.3, -0.25) is 4.79 Å². The minimum Gasteiger partial charge on any atom is -0.393 e. The summed E-state index contributed by atoms with van der Waals surface area (Å²) < 4.78 is 12.3. The van der Waals surface area contributed by atoms with Crippen LogP contribution in [0.1, 0.15) is 52.4 Å². The molecule has 138 valence electrons. The first-order valence-corrected chi connectivity index (χ1v) is 9.86. The maximum absolute atomic E-state index is 11.9. The topological polar surface area (TPSA) is 67.8 Å². The molecule has 5 heteroatoms. The fourth-order valence-corrected chi connectivity index (χ4v) is 7.21. The molecule has 2 saturated heterocycles. The number of aliphatic hydroxyl groups is 1. The number of allylic oxidation sites excluding steroid dienone is 2. The van der Waals surface area contributed by atoms with E-state index in [-0.39, 0.29) is 28.8 Å². The summed E-state index contributed by atoms with van der Waals surface area (Å²) in [7, 11) is 0. The standard InChI is InChI=1S/C20H29NO4/c1-18-7-6-16(23)21-15(18)4-3-12-13-5-8-20(24-9-10-25-20)19(13,2)11-14(22)17(12)18/h4,12-14,17,22H,3,5-11H2,1-2H3,(H,21,23)/t12?,13?,14-,17?,18-,19-/m0/s1. The van der Waals surface area contributed by atoms with Gasteiger partial charge in [-0.1, -0.05) is 19.9 Å². The molecule has 0 radical (unpaired) electrons. The Hall–Kier alpha value is -0.910. The van der Waals surface area contributed by atoms with E-state index in [0.717, 1.165) is 37.8 Å². The van der Waals surface area contributed by atoms with Gasteiger partial charge in [0.1, 0.15) is 0 Å². The van der Waals surface area contributed by atoms with Gasteiger partial charge in [-0.15, -0.1) is 0 Å². The van der Waals surface area contributed by atoms with Crippen LogP contribution >= 0.6 is 0 Å². The fraction of sp³-hybridized carbons (Fsp3) is 0.850. The Morgan fingerprint density at radius 1 is 1.24 bits per heavy atom. The van der Waals surface area contributed by atoms with Crippen LogP contribution in [0.3, 0.4) is 0 Å². The molecule has 5 nitrogen and oxygen atoms in total. The third kappa shape index (κ3) is 1.92. The average Bonchev–Trinajstić information content (AvgIpc) is 3.15. The second kappa shape index (κ2) is 5.08. The number of piperidine rings is 1. The summed E-state index contributed by atoms with van der Waals surface area (Å²) in [5.74, 6) is 0.776. The Kier molecular flexibility index (Phi) is 3.31. The van der Waals surface area contributed by atoms with Crippen molar-refractivity contribution >= 4 is 5.91 Å². The molecule has 1 spiro atoms. The molecule has 5 rings (SSSR count). The van der Waals surface area contributed by atoms with E-state index in [1.54, 1.807) is 0 Å². The van der Waals surface area contributed by atoms with Crippen LogP contribution in [0.2, 0.25) is 0 Å². The van der Waals surface area contributed by atoms with E-state index in [9.17, 15) is 9.90 Å². The van der Waals surface area contributed by atoms with Crippen molar-refractivity contribution in [2.75, 3.05) is 13.2 Å². The van der Waals surface area contributed by atoms with Crippen molar-refractivity contribution < 1.29 is 19.4 Å². The molecular formula is C20H29NO4. The van der Waals surface area contributed by atoms with Gasteiger partial charge in [-0.2, -0.15) is 0 Å². The third-order valence-corrected chi connectivity index (χ3v) is 8.34. The highest BCUT2D eigenvalue weighted by molar-refractivity contribution is 5.79. The lowest BCUT2D eigenvalue weighted by Crippen LogP contribution is -2.61. The van der Waals surface area contributed by atoms with Crippen LogP contribution in [0.25, 0.3) is 0 Å². The van der Waals surface area contributed by atoms with Crippen molar-refractivity contribution in [2.24, 2.45) is 28.6 Å². The highest BCUT2D eigenvalue weighted by Gasteiger charge is 2.68. The van der Waals surface area contributed by atoms with E-state index in [2.05, 4.69) is 25.2 Å². The molecule has 25 heavy (non-hydrogen) atoms. The van der Waals surface area contributed by atoms with Crippen LogP contribution in [0.15, 0.2) is 11.8 Å². The predicted molar refractivity (Wildman–Crippen MR) is 91.3 cm³/mol. The number of amides is 1. The summed E-state index contributed by atoms with van der Waals surface area (Å²) >= 11 is 0. The normalized spacial score (nSPS) is 50.7. The average molecular weight is 347 g/mol. The van der Waals surface area contributed by atoms with Gasteiger partial charge in [-0.05, 0) is 43.4 Å². The number of hydrogen-bond donors (Lipinski definition) is 2. The highest BCUT2D eigenvalue weighted by Crippen LogP contribution is 2.67. The van der Waals surface area contributed by atoms with Gasteiger partial charge < -0.3 is 19.9 Å². The molecule has 5 aliphatic rings. The number of fused-ring (bicyclic) bond motifs is 6. The molecule has 2 N–H and O–H groups in total. The van der Waals surface area contributed by atoms with Crippen LogP contribution < -0.4 is 5.32 Å². The summed E-state index contributed by atoms with van der Waals surface area (Å²) in [4.78, 5) is 11.9. The van der Waals surface area contributed by atoms with Gasteiger partial charge in [0.25, 0.3) is 0 Å². The van der Waals surface area contributed by atoms with Crippen LogP contribution in [-0.4, -0.2) is 36.1 Å². The number of nitrogens with one attached hydrogen (secondary N) is 1. The van der Waals surface area contributed by atoms with Gasteiger partial charge in [0.15, 0.2) is 5.79 Å². The number of aliphatic hydroxyl groups excluding tert-OH is 1. The monoisotopic (exact) mass is 347 g/mol. The van der Waals surface area contributed by atoms with E-state index in [1.807, 2.05) is 0 Å². The van der Waals surface area contributed by atoms with Crippen molar-refractivity contribution in [1.29, 1.82) is 0 Å². The molecule has 2 heterocycles. The second-order valence-electron chi connectivity index (χ2n) is 9.29. The highest BCUT2D eigenvalue weighted by atomic mass is 16.7. The lowest BCUT2D eigenvalue weighted by atomic mass is 9.48. The first-order chi connectivity index (χ1) is 11.9. The maximum atomic E-state index is 11.9. The first-order valence-electron chi connectivity index (χ1n) is 9.86. The molecule has 4 fully saturated rings. The Morgan fingerprint density at radius 2 is 2.00 bits per heavy atom.